The maximum Gasteiger partial charge on any atom is 0.222 e. The zero-order valence-corrected chi connectivity index (χ0v) is 18.2. The van der Waals surface area contributed by atoms with Crippen LogP contribution in [-0.2, 0) is 9.59 Å². The second-order valence-electron chi connectivity index (χ2n) is 7.97. The molecule has 0 aromatic heterocycles. The number of guanidine groups is 1. The lowest BCUT2D eigenvalue weighted by molar-refractivity contribution is -0.136. The zero-order chi connectivity index (χ0) is 22.3. The van der Waals surface area contributed by atoms with E-state index < -0.39 is 0 Å². The van der Waals surface area contributed by atoms with E-state index in [9.17, 15) is 9.59 Å². The van der Waals surface area contributed by atoms with Crippen LogP contribution in [0.1, 0.15) is 78.6 Å². The molecule has 7 heteroatoms. The van der Waals surface area contributed by atoms with Gasteiger partial charge in [-0.15, -0.1) is 12.8 Å². The smallest absolute Gasteiger partial charge is 0.222 e. The molecular weight excluding hydrogens is 366 g/mol. The van der Waals surface area contributed by atoms with Crippen molar-refractivity contribution in [1.29, 1.82) is 5.26 Å². The summed E-state index contributed by atoms with van der Waals surface area (Å²) < 4.78 is 0. The molecule has 1 heterocycles. The van der Waals surface area contributed by atoms with Gasteiger partial charge in [0.25, 0.3) is 0 Å². The lowest BCUT2D eigenvalue weighted by Crippen LogP contribution is -2.37. The van der Waals surface area contributed by atoms with E-state index in [4.69, 9.17) is 11.0 Å². The molecule has 1 aliphatic heterocycles. The Morgan fingerprint density at radius 2 is 1.90 bits per heavy atom. The van der Waals surface area contributed by atoms with Crippen LogP contribution in [-0.4, -0.2) is 41.2 Å². The molecule has 0 aromatic rings. The molecule has 2 rings (SSSR count). The Bertz CT molecular complexity index is 598. The standard InChI is InChI=1S/C13H21NO2.C7H14N4.C2H2/c15-12(11-6-3-4-7-11)10-14-9-5-1-2-8-13(14)16;1-4-7(2,3)11-6(9)10-5-8;1-2/h11H,1-10H2;4H2,1-3H3,(H3,9,10,11);1-2H. The summed E-state index contributed by atoms with van der Waals surface area (Å²) in [6.45, 7) is 7.10. The SMILES string of the molecule is C#C.CCC(C)(C)N=C(N)NC#N.O=C(CN1CCCCCC1=O)C1CCCC1. The van der Waals surface area contributed by atoms with Crippen molar-refractivity contribution in [3.05, 3.63) is 0 Å². The minimum Gasteiger partial charge on any atom is -0.369 e. The molecule has 29 heavy (non-hydrogen) atoms. The van der Waals surface area contributed by atoms with Crippen LogP contribution >= 0.6 is 0 Å². The maximum absolute atomic E-state index is 12.0. The Balaban J connectivity index is 0.000000532. The Labute approximate surface area is 176 Å². The lowest BCUT2D eigenvalue weighted by Gasteiger charge is -2.21. The number of Topliss-reactive ketones (excluding diaryl/α,β-unsaturated/α-hetero) is 1. The first-order valence-electron chi connectivity index (χ1n) is 10.4. The highest BCUT2D eigenvalue weighted by molar-refractivity contribution is 5.87. The first-order chi connectivity index (χ1) is 13.8. The van der Waals surface area contributed by atoms with E-state index >= 15 is 0 Å². The van der Waals surface area contributed by atoms with E-state index in [1.165, 1.54) is 12.8 Å². The van der Waals surface area contributed by atoms with Crippen molar-refractivity contribution in [2.45, 2.75) is 84.1 Å². The number of hydrogen-bond donors (Lipinski definition) is 2. The summed E-state index contributed by atoms with van der Waals surface area (Å²) in [5.74, 6) is 0.909. The number of carbonyl (C=O) groups excluding carboxylic acids is 2. The van der Waals surface area contributed by atoms with E-state index in [1.54, 1.807) is 11.1 Å². The number of nitrogens with two attached hydrogens (primary N) is 1. The van der Waals surface area contributed by atoms with Crippen molar-refractivity contribution in [3.63, 3.8) is 0 Å². The van der Waals surface area contributed by atoms with Crippen LogP contribution in [0.4, 0.5) is 0 Å². The third-order valence-corrected chi connectivity index (χ3v) is 5.30. The summed E-state index contributed by atoms with van der Waals surface area (Å²) in [7, 11) is 0. The number of nitrogens with one attached hydrogen (secondary N) is 1. The lowest BCUT2D eigenvalue weighted by atomic mass is 10.0. The highest BCUT2D eigenvalue weighted by Crippen LogP contribution is 2.26. The van der Waals surface area contributed by atoms with Crippen LogP contribution in [0.5, 0.6) is 0 Å². The van der Waals surface area contributed by atoms with Gasteiger partial charge in [0.15, 0.2) is 12.0 Å². The van der Waals surface area contributed by atoms with Gasteiger partial charge in [-0.1, -0.05) is 26.2 Å². The van der Waals surface area contributed by atoms with E-state index in [-0.39, 0.29) is 23.3 Å². The number of aliphatic imine (C=N–C) groups is 1. The van der Waals surface area contributed by atoms with Gasteiger partial charge in [0.1, 0.15) is 0 Å². The highest BCUT2D eigenvalue weighted by atomic mass is 16.2. The van der Waals surface area contributed by atoms with Crippen LogP contribution in [0.3, 0.4) is 0 Å². The second kappa shape index (κ2) is 14.5. The van der Waals surface area contributed by atoms with Crippen LogP contribution in [0, 0.1) is 30.2 Å². The topological polar surface area (TPSA) is 112 Å². The monoisotopic (exact) mass is 403 g/mol. The van der Waals surface area contributed by atoms with Crippen molar-refractivity contribution in [3.8, 4) is 19.0 Å². The molecule has 1 saturated carbocycles. The van der Waals surface area contributed by atoms with E-state index in [1.807, 2.05) is 20.8 Å². The van der Waals surface area contributed by atoms with Crippen LogP contribution in [0.2, 0.25) is 0 Å². The van der Waals surface area contributed by atoms with E-state index in [0.717, 1.165) is 45.1 Å². The molecule has 7 nitrogen and oxygen atoms in total. The summed E-state index contributed by atoms with van der Waals surface area (Å²) >= 11 is 0. The van der Waals surface area contributed by atoms with E-state index in [2.05, 4.69) is 23.2 Å². The number of terminal acetylenes is 1. The molecule has 0 unspecified atom stereocenters. The molecule has 0 atom stereocenters. The predicted molar refractivity (Wildman–Crippen MR) is 117 cm³/mol. The molecule has 0 spiro atoms. The summed E-state index contributed by atoms with van der Waals surface area (Å²) in [6, 6.07) is 0. The van der Waals surface area contributed by atoms with Crippen LogP contribution in [0.25, 0.3) is 0 Å². The number of nitriles is 1. The first kappa shape index (κ1) is 26.5. The number of rotatable bonds is 5. The van der Waals surface area contributed by atoms with Gasteiger partial charge in [0.05, 0.1) is 12.1 Å². The highest BCUT2D eigenvalue weighted by Gasteiger charge is 2.26. The summed E-state index contributed by atoms with van der Waals surface area (Å²) in [6.07, 6.45) is 18.9. The third-order valence-electron chi connectivity index (χ3n) is 5.30. The van der Waals surface area contributed by atoms with Crippen molar-refractivity contribution in [2.75, 3.05) is 13.1 Å². The minimum atomic E-state index is -0.187. The van der Waals surface area contributed by atoms with Gasteiger partial charge in [0, 0.05) is 18.9 Å². The molecule has 2 fully saturated rings. The number of amides is 1. The average molecular weight is 404 g/mol. The fraction of sp³-hybridized carbons (Fsp3) is 0.727. The van der Waals surface area contributed by atoms with Gasteiger partial charge in [-0.25, -0.2) is 4.99 Å². The van der Waals surface area contributed by atoms with Crippen molar-refractivity contribution in [1.82, 2.24) is 10.2 Å². The van der Waals surface area contributed by atoms with Gasteiger partial charge in [0.2, 0.25) is 11.9 Å². The molecule has 1 aliphatic carbocycles. The van der Waals surface area contributed by atoms with Gasteiger partial charge in [-0.3, -0.25) is 14.9 Å². The molecular formula is C22H37N5O2. The Morgan fingerprint density at radius 3 is 2.45 bits per heavy atom. The fourth-order valence-electron chi connectivity index (χ4n) is 3.26. The van der Waals surface area contributed by atoms with Gasteiger partial charge in [-0.2, -0.15) is 5.26 Å². The number of ketones is 1. The summed E-state index contributed by atoms with van der Waals surface area (Å²) in [5.41, 5.74) is 5.18. The first-order valence-corrected chi connectivity index (χ1v) is 10.4. The molecule has 2 aliphatic rings. The largest absolute Gasteiger partial charge is 0.369 e. The maximum atomic E-state index is 12.0. The molecule has 0 aromatic carbocycles. The average Bonchev–Trinajstić information content (AvgIpc) is 3.16. The number of nitrogens with zero attached hydrogens (tertiary/aromatic N) is 3. The van der Waals surface area contributed by atoms with Gasteiger partial charge >= 0.3 is 0 Å². The Hall–Kier alpha value is -2.54. The third kappa shape index (κ3) is 11.1. The Kier molecular flexibility index (Phi) is 13.2. The van der Waals surface area contributed by atoms with Crippen molar-refractivity contribution < 1.29 is 9.59 Å². The molecule has 162 valence electrons. The molecule has 0 bridgehead atoms. The predicted octanol–water partition coefficient (Wildman–Crippen LogP) is 2.96. The summed E-state index contributed by atoms with van der Waals surface area (Å²) in [4.78, 5) is 29.6. The molecule has 1 saturated heterocycles. The minimum absolute atomic E-state index is 0.180. The Morgan fingerprint density at radius 1 is 1.28 bits per heavy atom. The van der Waals surface area contributed by atoms with E-state index in [0.29, 0.717) is 18.7 Å². The van der Waals surface area contributed by atoms with Crippen LogP contribution < -0.4 is 11.1 Å². The molecule has 1 amide bonds. The fourth-order valence-corrected chi connectivity index (χ4v) is 3.26. The van der Waals surface area contributed by atoms with Crippen LogP contribution in [0.15, 0.2) is 4.99 Å². The zero-order valence-electron chi connectivity index (χ0n) is 18.2. The molecule has 3 N–H and O–H groups in total. The molecule has 0 radical (unpaired) electrons. The van der Waals surface area contributed by atoms with Gasteiger partial charge < -0.3 is 10.6 Å². The second-order valence-corrected chi connectivity index (χ2v) is 7.97. The normalized spacial score (nSPS) is 17.7. The summed E-state index contributed by atoms with van der Waals surface area (Å²) in [5, 5.41) is 10.5. The van der Waals surface area contributed by atoms with Crippen molar-refractivity contribution in [2.24, 2.45) is 16.6 Å². The number of likely N-dealkylation sites (tertiary alicyclic amines) is 1. The van der Waals surface area contributed by atoms with Gasteiger partial charge in [-0.05, 0) is 46.0 Å². The van der Waals surface area contributed by atoms with Crippen molar-refractivity contribution >= 4 is 17.6 Å². The number of hydrogen-bond acceptors (Lipinski definition) is 4. The number of carbonyl (C=O) groups is 2. The quantitative estimate of drug-likeness (QED) is 0.241.